The third kappa shape index (κ3) is 3.29. The summed E-state index contributed by atoms with van der Waals surface area (Å²) in [5.74, 6) is -1.79. The lowest BCUT2D eigenvalue weighted by Gasteiger charge is -2.34. The topological polar surface area (TPSA) is 68.4 Å². The van der Waals surface area contributed by atoms with Gasteiger partial charge in [0.1, 0.15) is 5.82 Å². The molecule has 0 atom stereocenters. The highest BCUT2D eigenvalue weighted by molar-refractivity contribution is 6.50. The average molecular weight is 453 g/mol. The highest BCUT2D eigenvalue weighted by atomic mass is 35.5. The van der Waals surface area contributed by atoms with Gasteiger partial charge in [-0.15, -0.1) is 0 Å². The minimum absolute atomic E-state index is 0.0296. The molecule has 5 rings (SSSR count). The van der Waals surface area contributed by atoms with E-state index in [1.807, 2.05) is 32.2 Å². The Morgan fingerprint density at radius 1 is 1.00 bits per heavy atom. The minimum atomic E-state index is -0.638. The van der Waals surface area contributed by atoms with E-state index in [9.17, 15) is 9.59 Å². The number of imide groups is 1. The number of nitrogens with one attached hydrogen (secondary N) is 2. The molecule has 1 aromatic heterocycles. The first-order valence-electron chi connectivity index (χ1n) is 10.4. The first kappa shape index (κ1) is 20.7. The molecule has 6 nitrogen and oxygen atoms in total. The molecule has 0 bridgehead atoms. The normalized spacial score (nSPS) is 17.6. The summed E-state index contributed by atoms with van der Waals surface area (Å²) in [6, 6.07) is 8.54. The Kier molecular flexibility index (Phi) is 5.03. The molecular weight excluding hydrogens is 431 g/mol. The van der Waals surface area contributed by atoms with Crippen LogP contribution in [0.4, 0.5) is 10.1 Å². The fourth-order valence-electron chi connectivity index (χ4n) is 4.50. The maximum atomic E-state index is 15.2. The van der Waals surface area contributed by atoms with E-state index in [-0.39, 0.29) is 21.7 Å². The van der Waals surface area contributed by atoms with Gasteiger partial charge < -0.3 is 14.8 Å². The number of aryl methyl sites for hydroxylation is 1. The molecule has 0 saturated carbocycles. The first-order valence-corrected chi connectivity index (χ1v) is 10.8. The Bertz CT molecular complexity index is 1300. The highest BCUT2D eigenvalue weighted by Gasteiger charge is 2.35. The Labute approximate surface area is 189 Å². The van der Waals surface area contributed by atoms with Gasteiger partial charge in [-0.2, -0.15) is 0 Å². The number of nitrogens with zero attached hydrogens (tertiary/aromatic N) is 2. The summed E-state index contributed by atoms with van der Waals surface area (Å²) in [4.78, 5) is 33.1. The Morgan fingerprint density at radius 2 is 1.69 bits per heavy atom. The number of hydrogen-bond donors (Lipinski definition) is 2. The van der Waals surface area contributed by atoms with Crippen LogP contribution in [0, 0.1) is 12.7 Å². The predicted octanol–water partition coefficient (Wildman–Crippen LogP) is 3.59. The van der Waals surface area contributed by atoms with Crippen LogP contribution in [-0.4, -0.2) is 54.9 Å². The van der Waals surface area contributed by atoms with E-state index in [2.05, 4.69) is 20.1 Å². The van der Waals surface area contributed by atoms with Crippen LogP contribution in [0.5, 0.6) is 0 Å². The van der Waals surface area contributed by atoms with Crippen molar-refractivity contribution in [2.75, 3.05) is 38.1 Å². The van der Waals surface area contributed by atoms with Gasteiger partial charge in [-0.05, 0) is 31.7 Å². The van der Waals surface area contributed by atoms with Crippen LogP contribution in [0.1, 0.15) is 16.7 Å². The van der Waals surface area contributed by atoms with E-state index in [0.29, 0.717) is 11.3 Å². The maximum absolute atomic E-state index is 15.2. The van der Waals surface area contributed by atoms with Gasteiger partial charge >= 0.3 is 0 Å². The maximum Gasteiger partial charge on any atom is 0.259 e. The zero-order valence-corrected chi connectivity index (χ0v) is 18.5. The van der Waals surface area contributed by atoms with Crippen molar-refractivity contribution in [1.29, 1.82) is 0 Å². The number of aromatic amines is 1. The molecular formula is C24H22ClFN4O2. The quantitative estimate of drug-likeness (QED) is 0.596. The smallest absolute Gasteiger partial charge is 0.259 e. The van der Waals surface area contributed by atoms with Crippen molar-refractivity contribution in [2.24, 2.45) is 0 Å². The molecule has 2 N–H and O–H groups in total. The van der Waals surface area contributed by atoms with Crippen molar-refractivity contribution in [3.05, 3.63) is 64.1 Å². The molecule has 0 unspecified atom stereocenters. The molecule has 2 aliphatic heterocycles. The van der Waals surface area contributed by atoms with Crippen molar-refractivity contribution in [3.63, 3.8) is 0 Å². The molecule has 1 saturated heterocycles. The van der Waals surface area contributed by atoms with E-state index in [1.165, 1.54) is 6.07 Å². The van der Waals surface area contributed by atoms with E-state index in [0.717, 1.165) is 42.6 Å². The molecule has 0 radical (unpaired) electrons. The summed E-state index contributed by atoms with van der Waals surface area (Å²) in [5.41, 5.74) is 3.37. The second-order valence-corrected chi connectivity index (χ2v) is 8.71. The van der Waals surface area contributed by atoms with E-state index in [4.69, 9.17) is 11.6 Å². The second kappa shape index (κ2) is 7.76. The van der Waals surface area contributed by atoms with Crippen molar-refractivity contribution < 1.29 is 14.0 Å². The summed E-state index contributed by atoms with van der Waals surface area (Å²) in [6.07, 6.45) is 1.69. The second-order valence-electron chi connectivity index (χ2n) is 8.31. The van der Waals surface area contributed by atoms with Gasteiger partial charge in [-0.25, -0.2) is 4.39 Å². The Hall–Kier alpha value is -3.16. The molecule has 3 aromatic rings. The van der Waals surface area contributed by atoms with Gasteiger partial charge in [0.15, 0.2) is 0 Å². The van der Waals surface area contributed by atoms with Gasteiger partial charge in [-0.1, -0.05) is 29.8 Å². The molecule has 32 heavy (non-hydrogen) atoms. The number of likely N-dealkylation sites (N-methyl/N-ethyl adjacent to an activating group) is 1. The zero-order valence-electron chi connectivity index (χ0n) is 17.8. The van der Waals surface area contributed by atoms with Crippen LogP contribution in [-0.2, 0) is 9.59 Å². The lowest BCUT2D eigenvalue weighted by atomic mass is 9.94. The number of anilines is 1. The molecule has 3 heterocycles. The molecule has 2 aromatic carbocycles. The molecule has 8 heteroatoms. The number of carbonyl (C=O) groups excluding carboxylic acids is 2. The lowest BCUT2D eigenvalue weighted by molar-refractivity contribution is -0.122. The molecule has 164 valence electrons. The predicted molar refractivity (Wildman–Crippen MR) is 124 cm³/mol. The minimum Gasteiger partial charge on any atom is -0.368 e. The van der Waals surface area contributed by atoms with Gasteiger partial charge in [0.25, 0.3) is 11.8 Å². The van der Waals surface area contributed by atoms with Crippen LogP contribution in [0.2, 0.25) is 5.02 Å². The number of H-pyrrole nitrogens is 1. The van der Waals surface area contributed by atoms with Gasteiger partial charge in [0.05, 0.1) is 21.9 Å². The van der Waals surface area contributed by atoms with E-state index >= 15 is 4.39 Å². The molecule has 1 fully saturated rings. The summed E-state index contributed by atoms with van der Waals surface area (Å²) in [7, 11) is 2.05. The number of aromatic nitrogens is 1. The van der Waals surface area contributed by atoms with E-state index in [1.54, 1.807) is 12.3 Å². The average Bonchev–Trinajstić information content (AvgIpc) is 3.30. The number of amides is 2. The summed E-state index contributed by atoms with van der Waals surface area (Å²) in [6.45, 7) is 5.13. The SMILES string of the molecule is Cc1cccc2c(C3=C(c4cc(N5CCN(C)CC5)c(Cl)cc4F)C(=O)NC3=O)c[nH]c12. The van der Waals surface area contributed by atoms with Crippen molar-refractivity contribution in [3.8, 4) is 0 Å². The van der Waals surface area contributed by atoms with E-state index < -0.39 is 17.6 Å². The first-order chi connectivity index (χ1) is 15.3. The molecule has 2 amide bonds. The van der Waals surface area contributed by atoms with Crippen molar-refractivity contribution in [2.45, 2.75) is 6.92 Å². The van der Waals surface area contributed by atoms with Crippen LogP contribution >= 0.6 is 11.6 Å². The molecule has 0 aliphatic carbocycles. The number of piperazine rings is 1. The highest BCUT2D eigenvalue weighted by Crippen LogP contribution is 2.39. The van der Waals surface area contributed by atoms with Crippen LogP contribution in [0.25, 0.3) is 22.0 Å². The zero-order chi connectivity index (χ0) is 22.6. The molecule has 2 aliphatic rings. The van der Waals surface area contributed by atoms with Crippen molar-refractivity contribution in [1.82, 2.24) is 15.2 Å². The number of carbonyl (C=O) groups is 2. The largest absolute Gasteiger partial charge is 0.368 e. The third-order valence-corrected chi connectivity index (χ3v) is 6.58. The Balaban J connectivity index is 1.70. The summed E-state index contributed by atoms with van der Waals surface area (Å²) >= 11 is 6.39. The Morgan fingerprint density at radius 3 is 2.41 bits per heavy atom. The van der Waals surface area contributed by atoms with Gasteiger partial charge in [0.2, 0.25) is 0 Å². The summed E-state index contributed by atoms with van der Waals surface area (Å²) in [5, 5.41) is 3.43. The summed E-state index contributed by atoms with van der Waals surface area (Å²) < 4.78 is 15.2. The molecule has 0 spiro atoms. The standard InChI is InChI=1S/C24H22ClFN4O2/c1-13-4-3-5-14-16(12-27-22(13)14)21-20(23(31)28-24(21)32)15-10-19(17(25)11-18(15)26)30-8-6-29(2)7-9-30/h3-5,10-12,27H,6-9H2,1-2H3,(H,28,31,32). The third-order valence-electron chi connectivity index (χ3n) is 6.27. The van der Waals surface area contributed by atoms with Gasteiger partial charge in [-0.3, -0.25) is 14.9 Å². The number of benzene rings is 2. The monoisotopic (exact) mass is 452 g/mol. The van der Waals surface area contributed by atoms with Crippen LogP contribution in [0.15, 0.2) is 36.5 Å². The van der Waals surface area contributed by atoms with Crippen LogP contribution in [0.3, 0.4) is 0 Å². The van der Waals surface area contributed by atoms with Crippen molar-refractivity contribution >= 4 is 51.2 Å². The number of fused-ring (bicyclic) bond motifs is 1. The van der Waals surface area contributed by atoms with Crippen LogP contribution < -0.4 is 10.2 Å². The number of rotatable bonds is 3. The number of para-hydroxylation sites is 1. The number of hydrogen-bond acceptors (Lipinski definition) is 4. The number of halogens is 2. The lowest BCUT2D eigenvalue weighted by Crippen LogP contribution is -2.44. The fourth-order valence-corrected chi connectivity index (χ4v) is 4.77. The fraction of sp³-hybridized carbons (Fsp3) is 0.250. The van der Waals surface area contributed by atoms with Gasteiger partial charge in [0, 0.05) is 54.4 Å².